The average Bonchev–Trinajstić information content (AvgIpc) is 3.09. The maximum Gasteiger partial charge on any atom is 0.229 e. The van der Waals surface area contributed by atoms with Gasteiger partial charge in [0.2, 0.25) is 5.91 Å². The molecule has 1 aromatic carbocycles. The number of thiazole rings is 1. The SMILES string of the molecule is NC1CCCC1C(=O)Nc1cccc(-c2nccs2)c1. The Bertz CT molecular complexity index is 597. The summed E-state index contributed by atoms with van der Waals surface area (Å²) in [6.07, 6.45) is 4.65. The highest BCUT2D eigenvalue weighted by atomic mass is 32.1. The predicted molar refractivity (Wildman–Crippen MR) is 81.5 cm³/mol. The molecule has 1 aliphatic rings. The molecule has 2 aromatic rings. The monoisotopic (exact) mass is 287 g/mol. The molecule has 2 unspecified atom stereocenters. The number of hydrogen-bond acceptors (Lipinski definition) is 4. The number of benzene rings is 1. The molecule has 1 heterocycles. The van der Waals surface area contributed by atoms with Gasteiger partial charge in [0.15, 0.2) is 0 Å². The zero-order valence-corrected chi connectivity index (χ0v) is 11.9. The van der Waals surface area contributed by atoms with Gasteiger partial charge in [0.05, 0.1) is 5.92 Å². The fourth-order valence-electron chi connectivity index (χ4n) is 2.65. The van der Waals surface area contributed by atoms with Crippen molar-refractivity contribution in [2.75, 3.05) is 5.32 Å². The third kappa shape index (κ3) is 2.73. The Kier molecular flexibility index (Phi) is 3.80. The molecular formula is C15H17N3OS. The van der Waals surface area contributed by atoms with Crippen LogP contribution in [0.1, 0.15) is 19.3 Å². The molecule has 4 nitrogen and oxygen atoms in total. The van der Waals surface area contributed by atoms with Crippen LogP contribution in [-0.2, 0) is 4.79 Å². The van der Waals surface area contributed by atoms with E-state index < -0.39 is 0 Å². The number of carbonyl (C=O) groups excluding carboxylic acids is 1. The van der Waals surface area contributed by atoms with E-state index in [1.807, 2.05) is 29.6 Å². The molecule has 1 fully saturated rings. The molecule has 2 atom stereocenters. The van der Waals surface area contributed by atoms with Crippen molar-refractivity contribution in [3.63, 3.8) is 0 Å². The van der Waals surface area contributed by atoms with Gasteiger partial charge in [-0.2, -0.15) is 0 Å². The number of anilines is 1. The van der Waals surface area contributed by atoms with Gasteiger partial charge in [0.1, 0.15) is 5.01 Å². The summed E-state index contributed by atoms with van der Waals surface area (Å²) in [5, 5.41) is 5.87. The van der Waals surface area contributed by atoms with Gasteiger partial charge in [-0.05, 0) is 25.0 Å². The summed E-state index contributed by atoms with van der Waals surface area (Å²) in [6, 6.07) is 7.78. The number of rotatable bonds is 3. The first-order chi connectivity index (χ1) is 9.74. The van der Waals surface area contributed by atoms with Crippen molar-refractivity contribution < 1.29 is 4.79 Å². The lowest BCUT2D eigenvalue weighted by Crippen LogP contribution is -2.34. The molecule has 3 rings (SSSR count). The Morgan fingerprint density at radius 2 is 2.30 bits per heavy atom. The summed E-state index contributed by atoms with van der Waals surface area (Å²) in [5.74, 6) is -0.0233. The summed E-state index contributed by atoms with van der Waals surface area (Å²) in [5.41, 5.74) is 7.80. The van der Waals surface area contributed by atoms with Crippen LogP contribution in [0.5, 0.6) is 0 Å². The third-order valence-electron chi connectivity index (χ3n) is 3.72. The van der Waals surface area contributed by atoms with Gasteiger partial charge in [0, 0.05) is 28.9 Å². The van der Waals surface area contributed by atoms with E-state index in [1.165, 1.54) is 0 Å². The standard InChI is InChI=1S/C15H17N3OS/c16-13-6-2-5-12(13)14(19)18-11-4-1-3-10(9-11)15-17-7-8-20-15/h1,3-4,7-9,12-13H,2,5-6,16H2,(H,18,19). The first-order valence-electron chi connectivity index (χ1n) is 6.80. The first kappa shape index (κ1) is 13.3. The summed E-state index contributed by atoms with van der Waals surface area (Å²) in [4.78, 5) is 16.5. The average molecular weight is 287 g/mol. The molecule has 1 amide bonds. The van der Waals surface area contributed by atoms with E-state index in [0.29, 0.717) is 0 Å². The zero-order valence-electron chi connectivity index (χ0n) is 11.1. The lowest BCUT2D eigenvalue weighted by molar-refractivity contribution is -0.120. The van der Waals surface area contributed by atoms with E-state index in [4.69, 9.17) is 5.73 Å². The minimum atomic E-state index is -0.0569. The summed E-state index contributed by atoms with van der Waals surface area (Å²) in [7, 11) is 0. The molecule has 3 N–H and O–H groups in total. The van der Waals surface area contributed by atoms with Gasteiger partial charge in [-0.1, -0.05) is 18.6 Å². The molecule has 0 bridgehead atoms. The molecule has 0 radical (unpaired) electrons. The second-order valence-electron chi connectivity index (χ2n) is 5.11. The van der Waals surface area contributed by atoms with E-state index in [9.17, 15) is 4.79 Å². The molecular weight excluding hydrogens is 270 g/mol. The number of nitrogens with zero attached hydrogens (tertiary/aromatic N) is 1. The van der Waals surface area contributed by atoms with Gasteiger partial charge >= 0.3 is 0 Å². The van der Waals surface area contributed by atoms with Gasteiger partial charge in [-0.3, -0.25) is 4.79 Å². The van der Waals surface area contributed by atoms with E-state index >= 15 is 0 Å². The Morgan fingerprint density at radius 3 is 3.00 bits per heavy atom. The number of nitrogens with two attached hydrogens (primary N) is 1. The molecule has 20 heavy (non-hydrogen) atoms. The smallest absolute Gasteiger partial charge is 0.229 e. The van der Waals surface area contributed by atoms with Gasteiger partial charge < -0.3 is 11.1 Å². The van der Waals surface area contributed by atoms with Crippen molar-refractivity contribution in [1.29, 1.82) is 0 Å². The Morgan fingerprint density at radius 1 is 1.40 bits per heavy atom. The van der Waals surface area contributed by atoms with Crippen LogP contribution < -0.4 is 11.1 Å². The third-order valence-corrected chi connectivity index (χ3v) is 4.54. The van der Waals surface area contributed by atoms with Crippen molar-refractivity contribution in [3.05, 3.63) is 35.8 Å². The van der Waals surface area contributed by atoms with Gasteiger partial charge in [0.25, 0.3) is 0 Å². The fraction of sp³-hybridized carbons (Fsp3) is 0.333. The van der Waals surface area contributed by atoms with Gasteiger partial charge in [-0.25, -0.2) is 4.98 Å². The summed E-state index contributed by atoms with van der Waals surface area (Å²) >= 11 is 1.59. The molecule has 1 aromatic heterocycles. The highest BCUT2D eigenvalue weighted by molar-refractivity contribution is 7.13. The van der Waals surface area contributed by atoms with E-state index in [-0.39, 0.29) is 17.9 Å². The quantitative estimate of drug-likeness (QED) is 0.912. The van der Waals surface area contributed by atoms with Crippen molar-refractivity contribution in [2.45, 2.75) is 25.3 Å². The second kappa shape index (κ2) is 5.73. The normalized spacial score (nSPS) is 21.9. The lowest BCUT2D eigenvalue weighted by Gasteiger charge is -2.15. The molecule has 0 spiro atoms. The van der Waals surface area contributed by atoms with Crippen LogP contribution in [0.4, 0.5) is 5.69 Å². The maximum absolute atomic E-state index is 12.2. The number of carbonyl (C=O) groups is 1. The maximum atomic E-state index is 12.2. The molecule has 1 aliphatic carbocycles. The molecule has 1 saturated carbocycles. The zero-order chi connectivity index (χ0) is 13.9. The van der Waals surface area contributed by atoms with Crippen molar-refractivity contribution in [3.8, 4) is 10.6 Å². The Balaban J connectivity index is 1.74. The van der Waals surface area contributed by atoms with Crippen molar-refractivity contribution in [2.24, 2.45) is 11.7 Å². The predicted octanol–water partition coefficient (Wildman–Crippen LogP) is 2.88. The highest BCUT2D eigenvalue weighted by Gasteiger charge is 2.30. The Labute approximate surface area is 122 Å². The van der Waals surface area contributed by atoms with Crippen LogP contribution in [0, 0.1) is 5.92 Å². The van der Waals surface area contributed by atoms with Crippen molar-refractivity contribution >= 4 is 22.9 Å². The summed E-state index contributed by atoms with van der Waals surface area (Å²) in [6.45, 7) is 0. The highest BCUT2D eigenvalue weighted by Crippen LogP contribution is 2.27. The number of hydrogen-bond donors (Lipinski definition) is 2. The van der Waals surface area contributed by atoms with E-state index in [1.54, 1.807) is 17.5 Å². The van der Waals surface area contributed by atoms with Crippen LogP contribution in [0.3, 0.4) is 0 Å². The van der Waals surface area contributed by atoms with Crippen LogP contribution in [0.2, 0.25) is 0 Å². The topological polar surface area (TPSA) is 68.0 Å². The van der Waals surface area contributed by atoms with E-state index in [0.717, 1.165) is 35.5 Å². The molecule has 5 heteroatoms. The van der Waals surface area contributed by atoms with Crippen LogP contribution in [-0.4, -0.2) is 16.9 Å². The molecule has 0 aliphatic heterocycles. The van der Waals surface area contributed by atoms with Crippen LogP contribution in [0.25, 0.3) is 10.6 Å². The number of aromatic nitrogens is 1. The van der Waals surface area contributed by atoms with Crippen LogP contribution in [0.15, 0.2) is 35.8 Å². The van der Waals surface area contributed by atoms with Crippen molar-refractivity contribution in [1.82, 2.24) is 4.98 Å². The summed E-state index contributed by atoms with van der Waals surface area (Å²) < 4.78 is 0. The molecule has 0 saturated heterocycles. The second-order valence-corrected chi connectivity index (χ2v) is 6.00. The minimum absolute atomic E-state index is 0.00264. The number of nitrogens with one attached hydrogen (secondary N) is 1. The lowest BCUT2D eigenvalue weighted by atomic mass is 10.0. The number of amides is 1. The minimum Gasteiger partial charge on any atom is -0.327 e. The fourth-order valence-corrected chi connectivity index (χ4v) is 3.28. The van der Waals surface area contributed by atoms with E-state index in [2.05, 4.69) is 10.3 Å². The van der Waals surface area contributed by atoms with Gasteiger partial charge in [-0.15, -0.1) is 11.3 Å². The first-order valence-corrected chi connectivity index (χ1v) is 7.68. The largest absolute Gasteiger partial charge is 0.327 e. The molecule has 104 valence electrons. The van der Waals surface area contributed by atoms with Crippen LogP contribution >= 0.6 is 11.3 Å². The Hall–Kier alpha value is -1.72.